The number of nitrogens with two attached hydrogens (primary N) is 2. The van der Waals surface area contributed by atoms with E-state index in [-0.39, 0.29) is 15.1 Å². The minimum absolute atomic E-state index is 0.0144. The van der Waals surface area contributed by atoms with Crippen LogP contribution in [-0.4, -0.2) is 82.3 Å². The highest BCUT2D eigenvalue weighted by molar-refractivity contribution is 7.84. The molecule has 1 fully saturated rings. The number of carboxylic acid groups (broad SMARTS) is 1. The first kappa shape index (κ1) is 22.8. The Morgan fingerprint density at radius 2 is 2.07 bits per heavy atom. The lowest BCUT2D eigenvalue weighted by Crippen LogP contribution is -2.73. The van der Waals surface area contributed by atoms with Gasteiger partial charge in [0.15, 0.2) is 10.8 Å². The third-order valence-corrected chi connectivity index (χ3v) is 5.05. The molecule has 3 amide bonds. The van der Waals surface area contributed by atoms with Crippen LogP contribution >= 0.6 is 11.3 Å². The van der Waals surface area contributed by atoms with Gasteiger partial charge in [0.05, 0.1) is 0 Å². The molecule has 16 nitrogen and oxygen atoms in total. The zero-order chi connectivity index (χ0) is 22.6. The minimum Gasteiger partial charge on any atom is -0.479 e. The molecule has 0 bridgehead atoms. The Balaban J connectivity index is 2.24. The number of carbonyl (C=O) groups is 4. The van der Waals surface area contributed by atoms with Crippen LogP contribution in [0.1, 0.15) is 5.69 Å². The fourth-order valence-electron chi connectivity index (χ4n) is 2.26. The summed E-state index contributed by atoms with van der Waals surface area (Å²) in [5.41, 5.74) is 9.58. The first-order valence-electron chi connectivity index (χ1n) is 7.58. The third-order valence-electron chi connectivity index (χ3n) is 3.42. The number of nitrogens with zero attached hydrogens (tertiary/aromatic N) is 3. The molecular formula is C12H14N6O10S2. The first-order valence-corrected chi connectivity index (χ1v) is 9.86. The van der Waals surface area contributed by atoms with Crippen LogP contribution in [0.3, 0.4) is 0 Å². The molecule has 2 heterocycles. The number of aromatic nitrogens is 1. The van der Waals surface area contributed by atoms with Gasteiger partial charge in [0.25, 0.3) is 11.8 Å². The van der Waals surface area contributed by atoms with Crippen molar-refractivity contribution in [2.24, 2.45) is 10.9 Å². The monoisotopic (exact) mass is 466 g/mol. The maximum atomic E-state index is 12.6. The molecule has 164 valence electrons. The van der Waals surface area contributed by atoms with Crippen LogP contribution in [0.25, 0.3) is 0 Å². The van der Waals surface area contributed by atoms with E-state index in [1.54, 1.807) is 0 Å². The van der Waals surface area contributed by atoms with Gasteiger partial charge in [-0.05, 0) is 0 Å². The maximum absolute atomic E-state index is 12.6. The van der Waals surface area contributed by atoms with Gasteiger partial charge < -0.3 is 31.5 Å². The van der Waals surface area contributed by atoms with Crippen molar-refractivity contribution in [2.75, 3.05) is 18.9 Å². The van der Waals surface area contributed by atoms with Crippen molar-refractivity contribution in [3.8, 4) is 0 Å². The van der Waals surface area contributed by atoms with Crippen LogP contribution in [0.5, 0.6) is 0 Å². The van der Waals surface area contributed by atoms with Crippen LogP contribution in [-0.2, 0) is 34.3 Å². The lowest BCUT2D eigenvalue weighted by Gasteiger charge is -2.43. The number of amides is 3. The molecular weight excluding hydrogens is 452 g/mol. The number of rotatable bonds is 9. The molecule has 0 aromatic carbocycles. The van der Waals surface area contributed by atoms with E-state index in [9.17, 15) is 27.6 Å². The summed E-state index contributed by atoms with van der Waals surface area (Å²) < 4.78 is 36.2. The van der Waals surface area contributed by atoms with Crippen molar-refractivity contribution in [1.29, 1.82) is 0 Å². The van der Waals surface area contributed by atoms with Crippen LogP contribution in [0.15, 0.2) is 10.5 Å². The molecule has 18 heteroatoms. The van der Waals surface area contributed by atoms with E-state index in [4.69, 9.17) is 21.1 Å². The zero-order valence-electron chi connectivity index (χ0n) is 14.6. The highest BCUT2D eigenvalue weighted by Crippen LogP contribution is 2.24. The quantitative estimate of drug-likeness (QED) is 0.106. The number of ether oxygens (including phenoxy) is 1. The van der Waals surface area contributed by atoms with Crippen LogP contribution in [0.4, 0.5) is 9.93 Å². The van der Waals surface area contributed by atoms with Gasteiger partial charge in [0, 0.05) is 5.38 Å². The van der Waals surface area contributed by atoms with Gasteiger partial charge in [-0.3, -0.25) is 14.1 Å². The molecule has 7 N–H and O–H groups in total. The molecule has 0 spiro atoms. The van der Waals surface area contributed by atoms with Crippen molar-refractivity contribution in [3.63, 3.8) is 0 Å². The van der Waals surface area contributed by atoms with Gasteiger partial charge in [-0.15, -0.1) is 11.3 Å². The third kappa shape index (κ3) is 5.30. The van der Waals surface area contributed by atoms with Gasteiger partial charge in [-0.2, -0.15) is 8.42 Å². The first-order chi connectivity index (χ1) is 13.9. The summed E-state index contributed by atoms with van der Waals surface area (Å²) in [5.74, 6) is -3.76. The summed E-state index contributed by atoms with van der Waals surface area (Å²) in [4.78, 5) is 54.3. The molecule has 1 aliphatic heterocycles. The summed E-state index contributed by atoms with van der Waals surface area (Å²) in [6.45, 7) is -1.66. The van der Waals surface area contributed by atoms with Crippen molar-refractivity contribution in [3.05, 3.63) is 11.1 Å². The van der Waals surface area contributed by atoms with Crippen molar-refractivity contribution in [2.45, 2.75) is 12.1 Å². The number of carboxylic acids is 1. The topological polar surface area (TPSA) is 254 Å². The predicted molar refractivity (Wildman–Crippen MR) is 96.3 cm³/mol. The number of nitrogens with one attached hydrogen (secondary N) is 1. The largest absolute Gasteiger partial charge is 0.479 e. The van der Waals surface area contributed by atoms with E-state index in [1.807, 2.05) is 0 Å². The number of hydrogen-bond acceptors (Lipinski definition) is 12. The highest BCUT2D eigenvalue weighted by atomic mass is 32.2. The SMILES string of the molecule is NC(=O)OC[C@H]1[C@@H](NC(=O)C(=NOCC(=O)O)c2csc(N)n2)C(=O)N1S(=O)(=O)O. The number of nitrogen functional groups attached to an aromatic ring is 1. The molecule has 1 saturated heterocycles. The number of carbonyl (C=O) groups excluding carboxylic acids is 3. The zero-order valence-corrected chi connectivity index (χ0v) is 16.3. The molecule has 2 rings (SSSR count). The fraction of sp³-hybridized carbons (Fsp3) is 0.333. The van der Waals surface area contributed by atoms with Gasteiger partial charge in [0.2, 0.25) is 6.61 Å². The molecule has 2 atom stereocenters. The summed E-state index contributed by atoms with van der Waals surface area (Å²) >= 11 is 0.920. The Morgan fingerprint density at radius 1 is 1.40 bits per heavy atom. The lowest BCUT2D eigenvalue weighted by atomic mass is 9.99. The van der Waals surface area contributed by atoms with E-state index < -0.39 is 65.2 Å². The van der Waals surface area contributed by atoms with Gasteiger partial charge in [-0.25, -0.2) is 18.9 Å². The lowest BCUT2D eigenvalue weighted by molar-refractivity contribution is -0.146. The van der Waals surface area contributed by atoms with Crippen molar-refractivity contribution < 1.29 is 46.8 Å². The van der Waals surface area contributed by atoms with E-state index in [1.165, 1.54) is 5.38 Å². The predicted octanol–water partition coefficient (Wildman–Crippen LogP) is -2.88. The average Bonchev–Trinajstić information content (AvgIpc) is 3.04. The van der Waals surface area contributed by atoms with Crippen molar-refractivity contribution >= 4 is 56.4 Å². The molecule has 1 aromatic heterocycles. The standard InChI is InChI=1S/C12H14N6O10S2/c13-11-15-4(3-29-11)7(17-28-2-6(19)20)9(21)16-8-5(1-27-12(14)23)18(10(8)22)30(24,25)26/h3,5,8H,1-2H2,(H2,13,15)(H2,14,23)(H,16,21)(H,19,20)(H,24,25,26)/t5-,8+/m0/s1. The van der Waals surface area contributed by atoms with Crippen LogP contribution in [0, 0.1) is 0 Å². The molecule has 0 aliphatic carbocycles. The summed E-state index contributed by atoms with van der Waals surface area (Å²) in [6.07, 6.45) is -1.29. The molecule has 1 aromatic rings. The number of oxime groups is 1. The second-order valence-electron chi connectivity index (χ2n) is 5.44. The number of aliphatic carboxylic acids is 1. The van der Waals surface area contributed by atoms with E-state index in [0.29, 0.717) is 0 Å². The van der Waals surface area contributed by atoms with E-state index in [0.717, 1.165) is 11.3 Å². The Bertz CT molecular complexity index is 1000. The number of thiazole rings is 1. The number of hydrogen-bond donors (Lipinski definition) is 5. The Labute approximate surface area is 171 Å². The maximum Gasteiger partial charge on any atom is 0.404 e. The van der Waals surface area contributed by atoms with Crippen molar-refractivity contribution in [1.82, 2.24) is 14.6 Å². The molecule has 1 aliphatic rings. The van der Waals surface area contributed by atoms with Crippen LogP contribution in [0.2, 0.25) is 0 Å². The summed E-state index contributed by atoms with van der Waals surface area (Å²) in [6, 6.07) is -3.08. The summed E-state index contributed by atoms with van der Waals surface area (Å²) in [7, 11) is -5.02. The Hall–Kier alpha value is -3.51. The highest BCUT2D eigenvalue weighted by Gasteiger charge is 2.54. The average molecular weight is 466 g/mol. The molecule has 0 unspecified atom stereocenters. The van der Waals surface area contributed by atoms with Gasteiger partial charge in [-0.1, -0.05) is 5.16 Å². The smallest absolute Gasteiger partial charge is 0.404 e. The molecule has 30 heavy (non-hydrogen) atoms. The van der Waals surface area contributed by atoms with Crippen LogP contribution < -0.4 is 16.8 Å². The van der Waals surface area contributed by atoms with Gasteiger partial charge in [0.1, 0.15) is 24.4 Å². The van der Waals surface area contributed by atoms with E-state index in [2.05, 4.69) is 25.0 Å². The number of anilines is 1. The second kappa shape index (κ2) is 8.88. The molecule has 0 saturated carbocycles. The minimum atomic E-state index is -5.02. The van der Waals surface area contributed by atoms with E-state index >= 15 is 0 Å². The second-order valence-corrected chi connectivity index (χ2v) is 7.62. The number of β-lactam (4-membered cyclic amide) rings is 1. The molecule has 0 radical (unpaired) electrons. The fourth-order valence-corrected chi connectivity index (χ4v) is 3.67. The Kier molecular flexibility index (Phi) is 6.74. The summed E-state index contributed by atoms with van der Waals surface area (Å²) in [5, 5.41) is 15.4. The Morgan fingerprint density at radius 3 is 2.57 bits per heavy atom. The number of primary amides is 1. The normalized spacial score (nSPS) is 19.0. The van der Waals surface area contributed by atoms with Gasteiger partial charge >= 0.3 is 22.4 Å².